The molecule has 0 aromatic heterocycles. The molecule has 0 saturated carbocycles. The van der Waals surface area contributed by atoms with E-state index < -0.39 is 0 Å². The van der Waals surface area contributed by atoms with Crippen LogP contribution in [0.15, 0.2) is 24.3 Å². The van der Waals surface area contributed by atoms with Gasteiger partial charge in [0.05, 0.1) is 19.3 Å². The van der Waals surface area contributed by atoms with Crippen LogP contribution in [0.5, 0.6) is 0 Å². The second kappa shape index (κ2) is 6.18. The van der Waals surface area contributed by atoms with Crippen LogP contribution in [0.2, 0.25) is 5.02 Å². The second-order valence-corrected chi connectivity index (χ2v) is 4.80. The summed E-state index contributed by atoms with van der Waals surface area (Å²) in [5.41, 5.74) is 0.993. The number of hydrogen-bond acceptors (Lipinski definition) is 3. The average molecular weight is 269 g/mol. The first-order valence-corrected chi connectivity index (χ1v) is 6.41. The minimum absolute atomic E-state index is 0.0397. The van der Waals surface area contributed by atoms with Crippen molar-refractivity contribution in [2.24, 2.45) is 0 Å². The fraction of sp³-hybridized carbons (Fsp3) is 0.462. The van der Waals surface area contributed by atoms with Gasteiger partial charge in [-0.2, -0.15) is 0 Å². The molecule has 1 aromatic carbocycles. The number of benzene rings is 1. The summed E-state index contributed by atoms with van der Waals surface area (Å²) in [6.07, 6.45) is 0. The number of amides is 1. The molecule has 1 aromatic rings. The molecule has 2 unspecified atom stereocenters. The molecule has 1 aliphatic heterocycles. The molecule has 0 aliphatic carbocycles. The molecule has 0 radical (unpaired) electrons. The van der Waals surface area contributed by atoms with Crippen LogP contribution in [0.3, 0.4) is 0 Å². The Balaban J connectivity index is 1.94. The minimum atomic E-state index is -0.264. The molecule has 98 valence electrons. The summed E-state index contributed by atoms with van der Waals surface area (Å²) in [6, 6.07) is 7.16. The maximum Gasteiger partial charge on any atom is 0.240 e. The predicted octanol–water partition coefficient (Wildman–Crippen LogP) is 1.51. The van der Waals surface area contributed by atoms with E-state index >= 15 is 0 Å². The molecular weight excluding hydrogens is 252 g/mol. The van der Waals surface area contributed by atoms with E-state index in [0.717, 1.165) is 5.56 Å². The van der Waals surface area contributed by atoms with Crippen LogP contribution in [0.1, 0.15) is 18.5 Å². The molecule has 5 heteroatoms. The normalized spacial score (nSPS) is 21.3. The summed E-state index contributed by atoms with van der Waals surface area (Å²) < 4.78 is 5.27. The smallest absolute Gasteiger partial charge is 0.240 e. The molecule has 1 aliphatic rings. The Morgan fingerprint density at radius 3 is 3.11 bits per heavy atom. The second-order valence-electron chi connectivity index (χ2n) is 4.37. The molecular formula is C13H17ClN2O2. The van der Waals surface area contributed by atoms with E-state index in [2.05, 4.69) is 10.6 Å². The molecule has 1 amide bonds. The Morgan fingerprint density at radius 1 is 1.61 bits per heavy atom. The Morgan fingerprint density at radius 2 is 2.44 bits per heavy atom. The lowest BCUT2D eigenvalue weighted by molar-refractivity contribution is -0.126. The van der Waals surface area contributed by atoms with Crippen LogP contribution in [0.4, 0.5) is 0 Å². The zero-order chi connectivity index (χ0) is 13.0. The van der Waals surface area contributed by atoms with Crippen LogP contribution in [0.25, 0.3) is 0 Å². The molecule has 0 bridgehead atoms. The average Bonchev–Trinajstić information content (AvgIpc) is 2.39. The van der Waals surface area contributed by atoms with Gasteiger partial charge in [-0.1, -0.05) is 23.7 Å². The molecule has 2 N–H and O–H groups in total. The number of ether oxygens (including phenoxy) is 1. The highest BCUT2D eigenvalue weighted by Gasteiger charge is 2.22. The third-order valence-electron chi connectivity index (χ3n) is 2.95. The molecule has 1 fully saturated rings. The number of rotatable bonds is 3. The van der Waals surface area contributed by atoms with Gasteiger partial charge < -0.3 is 15.4 Å². The van der Waals surface area contributed by atoms with Gasteiger partial charge in [0, 0.05) is 11.6 Å². The van der Waals surface area contributed by atoms with Crippen molar-refractivity contribution >= 4 is 17.5 Å². The quantitative estimate of drug-likeness (QED) is 0.874. The van der Waals surface area contributed by atoms with Crippen LogP contribution < -0.4 is 10.6 Å². The molecule has 1 saturated heterocycles. The number of carbonyl (C=O) groups is 1. The highest BCUT2D eigenvalue weighted by atomic mass is 35.5. The van der Waals surface area contributed by atoms with Crippen LogP contribution in [-0.2, 0) is 9.53 Å². The zero-order valence-corrected chi connectivity index (χ0v) is 11.0. The molecule has 2 atom stereocenters. The van der Waals surface area contributed by atoms with E-state index in [9.17, 15) is 4.79 Å². The lowest BCUT2D eigenvalue weighted by atomic mass is 10.1. The maximum atomic E-state index is 12.0. The summed E-state index contributed by atoms with van der Waals surface area (Å²) >= 11 is 5.93. The van der Waals surface area contributed by atoms with Crippen molar-refractivity contribution in [3.63, 3.8) is 0 Å². The van der Waals surface area contributed by atoms with Gasteiger partial charge in [0.2, 0.25) is 5.91 Å². The molecule has 18 heavy (non-hydrogen) atoms. The Hall–Kier alpha value is -1.10. The first kappa shape index (κ1) is 13.3. The first-order chi connectivity index (χ1) is 8.66. The van der Waals surface area contributed by atoms with Crippen molar-refractivity contribution in [3.8, 4) is 0 Å². The highest BCUT2D eigenvalue weighted by Crippen LogP contribution is 2.17. The van der Waals surface area contributed by atoms with Crippen molar-refractivity contribution in [2.75, 3.05) is 19.8 Å². The van der Waals surface area contributed by atoms with Crippen molar-refractivity contribution in [1.29, 1.82) is 0 Å². The van der Waals surface area contributed by atoms with Crippen molar-refractivity contribution in [3.05, 3.63) is 34.9 Å². The maximum absolute atomic E-state index is 12.0. The number of hydrogen-bond donors (Lipinski definition) is 2. The van der Waals surface area contributed by atoms with Crippen LogP contribution >= 0.6 is 11.6 Å². The largest absolute Gasteiger partial charge is 0.378 e. The fourth-order valence-corrected chi connectivity index (χ4v) is 2.11. The highest BCUT2D eigenvalue weighted by molar-refractivity contribution is 6.30. The summed E-state index contributed by atoms with van der Waals surface area (Å²) in [4.78, 5) is 12.0. The predicted molar refractivity (Wildman–Crippen MR) is 70.6 cm³/mol. The zero-order valence-electron chi connectivity index (χ0n) is 10.3. The van der Waals surface area contributed by atoms with E-state index in [4.69, 9.17) is 16.3 Å². The van der Waals surface area contributed by atoms with Gasteiger partial charge in [-0.25, -0.2) is 0 Å². The Bertz CT molecular complexity index is 419. The fourth-order valence-electron chi connectivity index (χ4n) is 1.91. The number of nitrogens with one attached hydrogen (secondary N) is 2. The topological polar surface area (TPSA) is 50.4 Å². The van der Waals surface area contributed by atoms with Gasteiger partial charge >= 0.3 is 0 Å². The SMILES string of the molecule is CC(NC(=O)C1COCCN1)c1cccc(Cl)c1. The van der Waals surface area contributed by atoms with E-state index in [-0.39, 0.29) is 18.0 Å². The molecule has 2 rings (SSSR count). The summed E-state index contributed by atoms with van der Waals surface area (Å²) in [5.74, 6) is -0.0397. The molecule has 0 spiro atoms. The van der Waals surface area contributed by atoms with E-state index in [0.29, 0.717) is 24.8 Å². The van der Waals surface area contributed by atoms with Gasteiger partial charge in [-0.05, 0) is 24.6 Å². The summed E-state index contributed by atoms with van der Waals surface area (Å²) in [6.45, 7) is 3.73. The first-order valence-electron chi connectivity index (χ1n) is 6.04. The van der Waals surface area contributed by atoms with Crippen LogP contribution in [0, 0.1) is 0 Å². The third-order valence-corrected chi connectivity index (χ3v) is 3.18. The Kier molecular flexibility index (Phi) is 4.58. The van der Waals surface area contributed by atoms with E-state index in [1.807, 2.05) is 31.2 Å². The summed E-state index contributed by atoms with van der Waals surface area (Å²) in [5, 5.41) is 6.75. The van der Waals surface area contributed by atoms with E-state index in [1.165, 1.54) is 0 Å². The van der Waals surface area contributed by atoms with Crippen molar-refractivity contribution < 1.29 is 9.53 Å². The van der Waals surface area contributed by atoms with Gasteiger partial charge in [0.25, 0.3) is 0 Å². The van der Waals surface area contributed by atoms with Gasteiger partial charge in [-0.3, -0.25) is 4.79 Å². The van der Waals surface area contributed by atoms with Crippen LogP contribution in [-0.4, -0.2) is 31.7 Å². The van der Waals surface area contributed by atoms with Gasteiger partial charge in [-0.15, -0.1) is 0 Å². The number of carbonyl (C=O) groups excluding carboxylic acids is 1. The van der Waals surface area contributed by atoms with E-state index in [1.54, 1.807) is 0 Å². The monoisotopic (exact) mass is 268 g/mol. The Labute approximate surface area is 112 Å². The van der Waals surface area contributed by atoms with Gasteiger partial charge in [0.1, 0.15) is 6.04 Å². The van der Waals surface area contributed by atoms with Crippen molar-refractivity contribution in [2.45, 2.75) is 19.0 Å². The third kappa shape index (κ3) is 3.45. The number of morpholine rings is 1. The lowest BCUT2D eigenvalue weighted by Gasteiger charge is -2.25. The number of halogens is 1. The lowest BCUT2D eigenvalue weighted by Crippen LogP contribution is -2.51. The molecule has 4 nitrogen and oxygen atoms in total. The summed E-state index contributed by atoms with van der Waals surface area (Å²) in [7, 11) is 0. The standard InChI is InChI=1S/C13H17ClN2O2/c1-9(10-3-2-4-11(14)7-10)16-13(17)12-8-18-6-5-15-12/h2-4,7,9,12,15H,5-6,8H2,1H3,(H,16,17). The van der Waals surface area contributed by atoms with Crippen molar-refractivity contribution in [1.82, 2.24) is 10.6 Å². The molecule has 1 heterocycles. The van der Waals surface area contributed by atoms with Gasteiger partial charge in [0.15, 0.2) is 0 Å². The minimum Gasteiger partial charge on any atom is -0.378 e.